The first-order valence-corrected chi connectivity index (χ1v) is 16.9. The lowest BCUT2D eigenvalue weighted by molar-refractivity contribution is 0.232. The van der Waals surface area contributed by atoms with E-state index < -0.39 is 0 Å². The molecule has 0 saturated carbocycles. The van der Waals surface area contributed by atoms with Gasteiger partial charge in [-0.2, -0.15) is 0 Å². The molecule has 0 saturated heterocycles. The number of phenols is 1. The molecule has 224 valence electrons. The Hall–Kier alpha value is -3.64. The largest absolute Gasteiger partial charge is 0.507 e. The Kier molecular flexibility index (Phi) is 10.9. The van der Waals surface area contributed by atoms with Gasteiger partial charge in [0.1, 0.15) is 11.5 Å². The Bertz CT molecular complexity index is 1650. The number of rotatable bonds is 15. The molecule has 0 bridgehead atoms. The number of aromatic nitrogens is 3. The highest BCUT2D eigenvalue weighted by Gasteiger charge is 2.17. The van der Waals surface area contributed by atoms with Crippen LogP contribution in [0, 0.1) is 5.92 Å². The van der Waals surface area contributed by atoms with Crippen LogP contribution in [0.25, 0.3) is 44.3 Å². The molecule has 1 heterocycles. The van der Waals surface area contributed by atoms with E-state index in [2.05, 4.69) is 75.4 Å². The second kappa shape index (κ2) is 15.2. The van der Waals surface area contributed by atoms with Crippen molar-refractivity contribution in [3.63, 3.8) is 0 Å². The van der Waals surface area contributed by atoms with Crippen LogP contribution in [0.4, 0.5) is 0 Å². The highest BCUT2D eigenvalue weighted by molar-refractivity contribution is 7.99. The highest BCUT2D eigenvalue weighted by Crippen LogP contribution is 2.37. The molecule has 5 nitrogen and oxygen atoms in total. The quantitative estimate of drug-likeness (QED) is 0.0740. The second-order valence-electron chi connectivity index (χ2n) is 11.3. The number of fused-ring (bicyclic) bond motifs is 3. The smallest absolute Gasteiger partial charge is 0.191 e. The van der Waals surface area contributed by atoms with Gasteiger partial charge in [0.25, 0.3) is 0 Å². The third-order valence-electron chi connectivity index (χ3n) is 8.09. The van der Waals surface area contributed by atoms with Gasteiger partial charge in [0.05, 0.1) is 12.2 Å². The summed E-state index contributed by atoms with van der Waals surface area (Å²) in [6.45, 7) is 7.30. The van der Waals surface area contributed by atoms with Crippen molar-refractivity contribution in [2.24, 2.45) is 5.92 Å². The van der Waals surface area contributed by atoms with Gasteiger partial charge >= 0.3 is 0 Å². The van der Waals surface area contributed by atoms with Gasteiger partial charge in [0.2, 0.25) is 0 Å². The first kappa shape index (κ1) is 30.8. The SMILES string of the molecule is CCCCCCSc1nc(-c2ccc(OCC(CC)CCCC)cc2O)nc(-c2cc3ccccc3c3ccccc23)n1. The Balaban J connectivity index is 1.52. The lowest BCUT2D eigenvalue weighted by Crippen LogP contribution is -2.11. The summed E-state index contributed by atoms with van der Waals surface area (Å²) in [5.41, 5.74) is 1.54. The molecule has 0 fully saturated rings. The van der Waals surface area contributed by atoms with E-state index in [4.69, 9.17) is 19.7 Å². The van der Waals surface area contributed by atoms with Crippen molar-refractivity contribution >= 4 is 33.3 Å². The molecule has 6 heteroatoms. The van der Waals surface area contributed by atoms with Crippen molar-refractivity contribution in [1.29, 1.82) is 0 Å². The fraction of sp³-hybridized carbons (Fsp3) is 0.378. The normalized spacial score (nSPS) is 12.2. The van der Waals surface area contributed by atoms with E-state index in [-0.39, 0.29) is 5.75 Å². The molecule has 1 aromatic heterocycles. The standard InChI is InChI=1S/C37H43N3O2S/c1-4-7-9-14-22-43-37-39-35(32-21-20-28(24-34(32)41)42-25-26(6-3)15-8-5-2)38-36(40-37)33-23-27-16-10-11-17-29(27)30-18-12-13-19-31(30)33/h10-13,16-21,23-24,26,41H,4-9,14-15,22,25H2,1-3H3. The third-order valence-corrected chi connectivity index (χ3v) is 9.03. The summed E-state index contributed by atoms with van der Waals surface area (Å²) >= 11 is 1.66. The van der Waals surface area contributed by atoms with Crippen LogP contribution >= 0.6 is 11.8 Å². The lowest BCUT2D eigenvalue weighted by atomic mass is 9.97. The van der Waals surface area contributed by atoms with E-state index in [9.17, 15) is 5.11 Å². The molecule has 5 rings (SSSR count). The zero-order valence-corrected chi connectivity index (χ0v) is 26.5. The minimum Gasteiger partial charge on any atom is -0.507 e. The average Bonchev–Trinajstić information content (AvgIpc) is 3.04. The van der Waals surface area contributed by atoms with Crippen molar-refractivity contribution in [1.82, 2.24) is 15.0 Å². The van der Waals surface area contributed by atoms with E-state index in [1.165, 1.54) is 42.9 Å². The fourth-order valence-electron chi connectivity index (χ4n) is 5.50. The summed E-state index contributed by atoms with van der Waals surface area (Å²) in [5.74, 6) is 3.31. The van der Waals surface area contributed by atoms with E-state index in [1.54, 1.807) is 17.8 Å². The summed E-state index contributed by atoms with van der Waals surface area (Å²) in [6.07, 6.45) is 9.39. The maximum absolute atomic E-state index is 11.2. The van der Waals surface area contributed by atoms with Crippen molar-refractivity contribution < 1.29 is 9.84 Å². The zero-order chi connectivity index (χ0) is 30.0. The van der Waals surface area contributed by atoms with Crippen LogP contribution in [-0.2, 0) is 0 Å². The predicted molar refractivity (Wildman–Crippen MR) is 181 cm³/mol. The second-order valence-corrected chi connectivity index (χ2v) is 12.3. The summed E-state index contributed by atoms with van der Waals surface area (Å²) < 4.78 is 6.10. The molecular weight excluding hydrogens is 550 g/mol. The van der Waals surface area contributed by atoms with E-state index in [1.807, 2.05) is 12.1 Å². The Morgan fingerprint density at radius 1 is 0.721 bits per heavy atom. The topological polar surface area (TPSA) is 68.1 Å². The van der Waals surface area contributed by atoms with Crippen LogP contribution in [0.15, 0.2) is 78.0 Å². The first-order chi connectivity index (χ1) is 21.1. The van der Waals surface area contributed by atoms with Gasteiger partial charge in [-0.1, -0.05) is 120 Å². The molecule has 0 radical (unpaired) electrons. The van der Waals surface area contributed by atoms with Gasteiger partial charge in [-0.15, -0.1) is 0 Å². The van der Waals surface area contributed by atoms with Gasteiger partial charge in [-0.3, -0.25) is 0 Å². The van der Waals surface area contributed by atoms with Crippen molar-refractivity contribution in [2.45, 2.75) is 77.3 Å². The average molecular weight is 594 g/mol. The number of ether oxygens (including phenoxy) is 1. The van der Waals surface area contributed by atoms with Crippen LogP contribution in [0.2, 0.25) is 0 Å². The zero-order valence-electron chi connectivity index (χ0n) is 25.7. The number of hydrogen-bond acceptors (Lipinski definition) is 6. The monoisotopic (exact) mass is 593 g/mol. The van der Waals surface area contributed by atoms with E-state index in [0.29, 0.717) is 40.6 Å². The number of unbranched alkanes of at least 4 members (excludes halogenated alkanes) is 4. The minimum absolute atomic E-state index is 0.110. The van der Waals surface area contributed by atoms with Gasteiger partial charge in [0, 0.05) is 17.4 Å². The van der Waals surface area contributed by atoms with Crippen LogP contribution in [-0.4, -0.2) is 32.4 Å². The number of hydrogen-bond donors (Lipinski definition) is 1. The van der Waals surface area contributed by atoms with Crippen LogP contribution in [0.3, 0.4) is 0 Å². The number of aromatic hydroxyl groups is 1. The number of thioether (sulfide) groups is 1. The predicted octanol–water partition coefficient (Wildman–Crippen LogP) is 10.5. The molecule has 4 aromatic carbocycles. The summed E-state index contributed by atoms with van der Waals surface area (Å²) in [7, 11) is 0. The Labute approximate surface area is 260 Å². The van der Waals surface area contributed by atoms with Crippen LogP contribution in [0.5, 0.6) is 11.5 Å². The highest BCUT2D eigenvalue weighted by atomic mass is 32.2. The molecule has 0 aliphatic carbocycles. The van der Waals surface area contributed by atoms with Crippen molar-refractivity contribution in [3.8, 4) is 34.3 Å². The molecular formula is C37H43N3O2S. The van der Waals surface area contributed by atoms with E-state index in [0.717, 1.165) is 41.4 Å². The molecule has 1 N–H and O–H groups in total. The fourth-order valence-corrected chi connectivity index (χ4v) is 6.33. The summed E-state index contributed by atoms with van der Waals surface area (Å²) in [5, 5.41) is 16.4. The first-order valence-electron chi connectivity index (χ1n) is 15.9. The van der Waals surface area contributed by atoms with Crippen LogP contribution < -0.4 is 4.74 Å². The molecule has 43 heavy (non-hydrogen) atoms. The Morgan fingerprint density at radius 2 is 1.44 bits per heavy atom. The molecule has 1 atom stereocenters. The van der Waals surface area contributed by atoms with E-state index >= 15 is 0 Å². The third kappa shape index (κ3) is 7.66. The van der Waals surface area contributed by atoms with Gasteiger partial charge < -0.3 is 9.84 Å². The minimum atomic E-state index is 0.110. The molecule has 0 aliphatic rings. The van der Waals surface area contributed by atoms with Crippen molar-refractivity contribution in [2.75, 3.05) is 12.4 Å². The van der Waals surface area contributed by atoms with Crippen LogP contribution in [0.1, 0.15) is 72.1 Å². The molecule has 1 unspecified atom stereocenters. The summed E-state index contributed by atoms with van der Waals surface area (Å²) in [4.78, 5) is 14.8. The van der Waals surface area contributed by atoms with Gasteiger partial charge in [-0.25, -0.2) is 15.0 Å². The number of benzene rings is 4. The van der Waals surface area contributed by atoms with Crippen molar-refractivity contribution in [3.05, 3.63) is 72.8 Å². The molecule has 0 spiro atoms. The maximum atomic E-state index is 11.2. The van der Waals surface area contributed by atoms with Gasteiger partial charge in [-0.05, 0) is 58.5 Å². The number of phenolic OH excluding ortho intramolecular Hbond substituents is 1. The molecule has 0 amide bonds. The van der Waals surface area contributed by atoms with Gasteiger partial charge in [0.15, 0.2) is 16.8 Å². The molecule has 0 aliphatic heterocycles. The summed E-state index contributed by atoms with van der Waals surface area (Å²) in [6, 6.07) is 24.5. The molecule has 5 aromatic rings. The maximum Gasteiger partial charge on any atom is 0.191 e. The number of nitrogens with zero attached hydrogens (tertiary/aromatic N) is 3. The lowest BCUT2D eigenvalue weighted by Gasteiger charge is -2.16. The Morgan fingerprint density at radius 3 is 2.19 bits per heavy atom.